The summed E-state index contributed by atoms with van der Waals surface area (Å²) in [7, 11) is 2.12. The van der Waals surface area contributed by atoms with Gasteiger partial charge < -0.3 is 14.5 Å². The zero-order valence-corrected chi connectivity index (χ0v) is 8.31. The summed E-state index contributed by atoms with van der Waals surface area (Å²) in [6, 6.07) is 0. The first-order valence-corrected chi connectivity index (χ1v) is 4.89. The van der Waals surface area contributed by atoms with Gasteiger partial charge in [-0.05, 0) is 25.9 Å². The molecule has 1 fully saturated rings. The first-order chi connectivity index (χ1) is 6.78. The molecule has 5 heteroatoms. The maximum Gasteiger partial charge on any atom is 0.227 e. The van der Waals surface area contributed by atoms with Crippen LogP contribution in [0.2, 0.25) is 0 Å². The molecule has 0 aromatic carbocycles. The Hall–Kier alpha value is -0.940. The number of aliphatic hydroxyl groups excluding tert-OH is 1. The van der Waals surface area contributed by atoms with Crippen LogP contribution in [0.25, 0.3) is 0 Å². The second kappa shape index (κ2) is 4.06. The molecule has 2 heterocycles. The Kier molecular flexibility index (Phi) is 2.79. The van der Waals surface area contributed by atoms with E-state index in [1.165, 1.54) is 6.42 Å². The van der Waals surface area contributed by atoms with Crippen LogP contribution in [-0.4, -0.2) is 40.3 Å². The molecule has 14 heavy (non-hydrogen) atoms. The molecule has 0 saturated carbocycles. The lowest BCUT2D eigenvalue weighted by atomic mass is 10.1. The minimum absolute atomic E-state index is 0.145. The number of hydrogen-bond acceptors (Lipinski definition) is 5. The second-order valence-electron chi connectivity index (χ2n) is 3.88. The van der Waals surface area contributed by atoms with Gasteiger partial charge in [-0.15, -0.1) is 0 Å². The van der Waals surface area contributed by atoms with E-state index < -0.39 is 0 Å². The summed E-state index contributed by atoms with van der Waals surface area (Å²) in [6.07, 6.45) is 2.02. The van der Waals surface area contributed by atoms with Crippen molar-refractivity contribution in [2.45, 2.75) is 19.4 Å². The molecule has 5 nitrogen and oxygen atoms in total. The average Bonchev–Trinajstić information content (AvgIpc) is 2.76. The number of hydrogen-bond donors (Lipinski definition) is 1. The topological polar surface area (TPSA) is 62.4 Å². The molecule has 1 N–H and O–H groups in total. The second-order valence-corrected chi connectivity index (χ2v) is 3.88. The fourth-order valence-corrected chi connectivity index (χ4v) is 1.88. The summed E-state index contributed by atoms with van der Waals surface area (Å²) in [4.78, 5) is 6.37. The van der Waals surface area contributed by atoms with E-state index in [1.54, 1.807) is 0 Å². The molecule has 1 saturated heterocycles. The summed E-state index contributed by atoms with van der Waals surface area (Å²) in [5, 5.41) is 12.4. The molecule has 1 aliphatic rings. The summed E-state index contributed by atoms with van der Waals surface area (Å²) < 4.78 is 5.01. The van der Waals surface area contributed by atoms with E-state index in [2.05, 4.69) is 22.1 Å². The van der Waals surface area contributed by atoms with Crippen LogP contribution in [0.1, 0.15) is 18.1 Å². The summed E-state index contributed by atoms with van der Waals surface area (Å²) in [5.74, 6) is 1.65. The molecule has 1 atom stereocenters. The summed E-state index contributed by atoms with van der Waals surface area (Å²) >= 11 is 0. The lowest BCUT2D eigenvalue weighted by Crippen LogP contribution is -2.15. The normalized spacial score (nSPS) is 23.1. The number of aromatic nitrogens is 2. The van der Waals surface area contributed by atoms with Crippen LogP contribution in [0.5, 0.6) is 0 Å². The predicted octanol–water partition coefficient (Wildman–Crippen LogP) is 0.0561. The molecule has 0 spiro atoms. The van der Waals surface area contributed by atoms with E-state index in [9.17, 15) is 0 Å². The maximum absolute atomic E-state index is 8.76. The highest BCUT2D eigenvalue weighted by molar-refractivity contribution is 4.88. The third kappa shape index (κ3) is 2.10. The highest BCUT2D eigenvalue weighted by Crippen LogP contribution is 2.18. The monoisotopic (exact) mass is 197 g/mol. The van der Waals surface area contributed by atoms with Gasteiger partial charge in [-0.1, -0.05) is 5.16 Å². The van der Waals surface area contributed by atoms with Crippen LogP contribution in [-0.2, 0) is 13.0 Å². The van der Waals surface area contributed by atoms with Gasteiger partial charge in [0.05, 0.1) is 0 Å². The third-order valence-electron chi connectivity index (χ3n) is 2.60. The van der Waals surface area contributed by atoms with E-state index in [-0.39, 0.29) is 6.61 Å². The van der Waals surface area contributed by atoms with Crippen molar-refractivity contribution in [2.24, 2.45) is 5.92 Å². The van der Waals surface area contributed by atoms with Crippen molar-refractivity contribution < 1.29 is 9.63 Å². The van der Waals surface area contributed by atoms with Gasteiger partial charge in [-0.3, -0.25) is 0 Å². The van der Waals surface area contributed by atoms with Crippen LogP contribution >= 0.6 is 0 Å². The minimum Gasteiger partial charge on any atom is -0.388 e. The first-order valence-electron chi connectivity index (χ1n) is 4.89. The van der Waals surface area contributed by atoms with Crippen molar-refractivity contribution in [2.75, 3.05) is 20.1 Å². The number of aliphatic hydroxyl groups is 1. The van der Waals surface area contributed by atoms with Gasteiger partial charge in [-0.25, -0.2) is 0 Å². The van der Waals surface area contributed by atoms with E-state index in [1.807, 2.05) is 0 Å². The lowest BCUT2D eigenvalue weighted by molar-refractivity contribution is 0.262. The van der Waals surface area contributed by atoms with Crippen molar-refractivity contribution in [3.05, 3.63) is 11.7 Å². The Morgan fingerprint density at radius 2 is 2.50 bits per heavy atom. The Bertz CT molecular complexity index is 300. The lowest BCUT2D eigenvalue weighted by Gasteiger charge is -2.06. The fourth-order valence-electron chi connectivity index (χ4n) is 1.88. The quantitative estimate of drug-likeness (QED) is 0.742. The molecule has 2 rings (SSSR count). The highest BCUT2D eigenvalue weighted by Gasteiger charge is 2.21. The van der Waals surface area contributed by atoms with Crippen molar-refractivity contribution in [1.82, 2.24) is 15.0 Å². The van der Waals surface area contributed by atoms with Crippen molar-refractivity contribution in [3.8, 4) is 0 Å². The zero-order chi connectivity index (χ0) is 9.97. The molecule has 78 valence electrons. The van der Waals surface area contributed by atoms with Gasteiger partial charge >= 0.3 is 0 Å². The molecule has 0 aliphatic carbocycles. The van der Waals surface area contributed by atoms with E-state index in [0.717, 1.165) is 19.5 Å². The smallest absolute Gasteiger partial charge is 0.227 e. The average molecular weight is 197 g/mol. The van der Waals surface area contributed by atoms with Gasteiger partial charge in [0.2, 0.25) is 5.89 Å². The minimum atomic E-state index is -0.145. The molecule has 0 radical (unpaired) electrons. The molecule has 1 aromatic rings. The maximum atomic E-state index is 8.76. The first kappa shape index (κ1) is 9.61. The van der Waals surface area contributed by atoms with Gasteiger partial charge in [-0.2, -0.15) is 4.98 Å². The van der Waals surface area contributed by atoms with Crippen LogP contribution in [0, 0.1) is 5.92 Å². The van der Waals surface area contributed by atoms with Crippen molar-refractivity contribution in [1.29, 1.82) is 0 Å². The summed E-state index contributed by atoms with van der Waals surface area (Å²) in [6.45, 7) is 2.09. The molecular formula is C9H15N3O2. The van der Waals surface area contributed by atoms with Crippen LogP contribution < -0.4 is 0 Å². The predicted molar refractivity (Wildman–Crippen MR) is 49.5 cm³/mol. The number of rotatable bonds is 3. The largest absolute Gasteiger partial charge is 0.388 e. The molecule has 0 bridgehead atoms. The standard InChI is InChI=1S/C9H15N3O2/c1-12-3-2-7(5-12)4-9-10-8(6-13)11-14-9/h7,13H,2-6H2,1H3. The van der Waals surface area contributed by atoms with Crippen molar-refractivity contribution in [3.63, 3.8) is 0 Å². The molecule has 1 unspecified atom stereocenters. The van der Waals surface area contributed by atoms with E-state index in [4.69, 9.17) is 9.63 Å². The number of likely N-dealkylation sites (tertiary alicyclic amines) is 1. The molecule has 1 aliphatic heterocycles. The molecule has 0 amide bonds. The zero-order valence-electron chi connectivity index (χ0n) is 8.31. The van der Waals surface area contributed by atoms with Gasteiger partial charge in [0.15, 0.2) is 5.82 Å². The van der Waals surface area contributed by atoms with Gasteiger partial charge in [0.25, 0.3) is 0 Å². The van der Waals surface area contributed by atoms with E-state index >= 15 is 0 Å². The van der Waals surface area contributed by atoms with E-state index in [0.29, 0.717) is 17.6 Å². The highest BCUT2D eigenvalue weighted by atomic mass is 16.5. The number of nitrogens with zero attached hydrogens (tertiary/aromatic N) is 3. The summed E-state index contributed by atoms with van der Waals surface area (Å²) in [5.41, 5.74) is 0. The molecular weight excluding hydrogens is 182 g/mol. The third-order valence-corrected chi connectivity index (χ3v) is 2.60. The fraction of sp³-hybridized carbons (Fsp3) is 0.778. The SMILES string of the molecule is CN1CCC(Cc2nc(CO)no2)C1. The van der Waals surface area contributed by atoms with Crippen LogP contribution in [0.4, 0.5) is 0 Å². The van der Waals surface area contributed by atoms with Gasteiger partial charge in [0, 0.05) is 13.0 Å². The Morgan fingerprint density at radius 1 is 1.64 bits per heavy atom. The van der Waals surface area contributed by atoms with Crippen molar-refractivity contribution >= 4 is 0 Å². The Labute approximate surface area is 82.7 Å². The van der Waals surface area contributed by atoms with Gasteiger partial charge in [0.1, 0.15) is 6.61 Å². The Morgan fingerprint density at radius 3 is 3.07 bits per heavy atom. The Balaban J connectivity index is 1.90. The van der Waals surface area contributed by atoms with Crippen LogP contribution in [0.3, 0.4) is 0 Å². The van der Waals surface area contributed by atoms with Crippen LogP contribution in [0.15, 0.2) is 4.52 Å². The molecule has 1 aromatic heterocycles.